The van der Waals surface area contributed by atoms with E-state index in [4.69, 9.17) is 27.6 Å². The van der Waals surface area contributed by atoms with Crippen molar-refractivity contribution >= 4 is 45.6 Å². The van der Waals surface area contributed by atoms with E-state index in [0.29, 0.717) is 34.6 Å². The second kappa shape index (κ2) is 10.1. The lowest BCUT2D eigenvalue weighted by Crippen LogP contribution is -2.48. The van der Waals surface area contributed by atoms with Gasteiger partial charge >= 0.3 is 0 Å². The van der Waals surface area contributed by atoms with Crippen molar-refractivity contribution in [1.82, 2.24) is 4.90 Å². The molecule has 32 heavy (non-hydrogen) atoms. The first-order valence-corrected chi connectivity index (χ1v) is 12.6. The van der Waals surface area contributed by atoms with Crippen LogP contribution in [0.15, 0.2) is 59.0 Å². The van der Waals surface area contributed by atoms with Gasteiger partial charge in [0.25, 0.3) is 5.91 Å². The zero-order valence-corrected chi connectivity index (χ0v) is 20.1. The summed E-state index contributed by atoms with van der Waals surface area (Å²) in [6.45, 7) is 4.70. The van der Waals surface area contributed by atoms with Gasteiger partial charge in [-0.25, -0.2) is 0 Å². The SMILES string of the molecule is Cc1ccc(Cl)cc1N1CCN(C(=O)c2ccc(C[S@](=O)Cc3ccccc3Cl)o2)CC1. The normalized spacial score (nSPS) is 15.1. The smallest absolute Gasteiger partial charge is 0.289 e. The van der Waals surface area contributed by atoms with Crippen molar-refractivity contribution in [2.75, 3.05) is 31.1 Å². The Bertz CT molecular complexity index is 1140. The number of benzene rings is 2. The number of carbonyl (C=O) groups excluding carboxylic acids is 1. The molecule has 2 aromatic carbocycles. The van der Waals surface area contributed by atoms with Crippen molar-refractivity contribution in [2.24, 2.45) is 0 Å². The van der Waals surface area contributed by atoms with Gasteiger partial charge in [-0.15, -0.1) is 0 Å². The number of hydrogen-bond donors (Lipinski definition) is 0. The van der Waals surface area contributed by atoms with Gasteiger partial charge in [-0.3, -0.25) is 9.00 Å². The summed E-state index contributed by atoms with van der Waals surface area (Å²) in [5.74, 6) is 1.25. The summed E-state index contributed by atoms with van der Waals surface area (Å²) < 4.78 is 18.3. The van der Waals surface area contributed by atoms with Crippen molar-refractivity contribution in [3.63, 3.8) is 0 Å². The third-order valence-electron chi connectivity index (χ3n) is 5.53. The lowest BCUT2D eigenvalue weighted by Gasteiger charge is -2.36. The fraction of sp³-hybridized carbons (Fsp3) is 0.292. The largest absolute Gasteiger partial charge is 0.455 e. The fourth-order valence-electron chi connectivity index (χ4n) is 3.80. The quantitative estimate of drug-likeness (QED) is 0.469. The van der Waals surface area contributed by atoms with E-state index >= 15 is 0 Å². The highest BCUT2D eigenvalue weighted by atomic mass is 35.5. The van der Waals surface area contributed by atoms with Crippen LogP contribution >= 0.6 is 23.2 Å². The maximum Gasteiger partial charge on any atom is 0.289 e. The molecule has 0 unspecified atom stereocenters. The molecule has 1 aromatic heterocycles. The number of nitrogens with zero attached hydrogens (tertiary/aromatic N) is 2. The van der Waals surface area contributed by atoms with Gasteiger partial charge in [-0.1, -0.05) is 47.5 Å². The highest BCUT2D eigenvalue weighted by molar-refractivity contribution is 7.83. The maximum atomic E-state index is 12.9. The summed E-state index contributed by atoms with van der Waals surface area (Å²) in [6, 6.07) is 16.6. The molecular formula is C24H24Cl2N2O3S. The summed E-state index contributed by atoms with van der Waals surface area (Å²) in [7, 11) is -1.19. The number of halogens is 2. The van der Waals surface area contributed by atoms with E-state index in [1.807, 2.05) is 36.4 Å². The van der Waals surface area contributed by atoms with E-state index in [9.17, 15) is 9.00 Å². The minimum Gasteiger partial charge on any atom is -0.455 e. The van der Waals surface area contributed by atoms with Crippen LogP contribution in [-0.4, -0.2) is 41.2 Å². The predicted octanol–water partition coefficient (Wildman–Crippen LogP) is 5.31. The third-order valence-corrected chi connectivity index (χ3v) is 7.37. The molecule has 0 aliphatic carbocycles. The maximum absolute atomic E-state index is 12.9. The van der Waals surface area contributed by atoms with Gasteiger partial charge in [0.1, 0.15) is 5.76 Å². The van der Waals surface area contributed by atoms with Crippen molar-refractivity contribution < 1.29 is 13.4 Å². The summed E-state index contributed by atoms with van der Waals surface area (Å²) in [6.07, 6.45) is 0. The van der Waals surface area contributed by atoms with Crippen LogP contribution in [0.5, 0.6) is 0 Å². The van der Waals surface area contributed by atoms with Crippen LogP contribution in [0.25, 0.3) is 0 Å². The van der Waals surface area contributed by atoms with Crippen LogP contribution in [0.1, 0.15) is 27.4 Å². The van der Waals surface area contributed by atoms with E-state index in [1.165, 1.54) is 0 Å². The van der Waals surface area contributed by atoms with E-state index in [0.717, 1.165) is 29.9 Å². The van der Waals surface area contributed by atoms with Crippen molar-refractivity contribution in [2.45, 2.75) is 18.4 Å². The molecule has 3 aromatic rings. The minimum absolute atomic E-state index is 0.143. The summed E-state index contributed by atoms with van der Waals surface area (Å²) >= 11 is 12.3. The van der Waals surface area contributed by atoms with Crippen LogP contribution in [0.4, 0.5) is 5.69 Å². The second-order valence-electron chi connectivity index (χ2n) is 7.80. The van der Waals surface area contributed by atoms with Gasteiger partial charge in [0, 0.05) is 52.7 Å². The molecule has 0 saturated carbocycles. The lowest BCUT2D eigenvalue weighted by atomic mass is 10.1. The van der Waals surface area contributed by atoms with Crippen LogP contribution < -0.4 is 4.90 Å². The Morgan fingerprint density at radius 1 is 1.00 bits per heavy atom. The number of rotatable bonds is 6. The van der Waals surface area contributed by atoms with Gasteiger partial charge < -0.3 is 14.2 Å². The zero-order valence-electron chi connectivity index (χ0n) is 17.7. The highest BCUT2D eigenvalue weighted by Crippen LogP contribution is 2.26. The molecule has 168 valence electrons. The van der Waals surface area contributed by atoms with Gasteiger partial charge in [-0.2, -0.15) is 0 Å². The molecule has 1 amide bonds. The first-order valence-electron chi connectivity index (χ1n) is 10.4. The predicted molar refractivity (Wildman–Crippen MR) is 130 cm³/mol. The van der Waals surface area contributed by atoms with Crippen LogP contribution in [0.3, 0.4) is 0 Å². The number of carbonyl (C=O) groups is 1. The molecule has 0 spiro atoms. The van der Waals surface area contributed by atoms with Crippen LogP contribution in [0.2, 0.25) is 10.0 Å². The monoisotopic (exact) mass is 490 g/mol. The third kappa shape index (κ3) is 5.37. The number of furan rings is 1. The number of aryl methyl sites for hydroxylation is 1. The molecule has 2 heterocycles. The standard InChI is InChI=1S/C24H24Cl2N2O3S/c1-17-6-7-19(25)14-22(17)27-10-12-28(13-11-27)24(29)23-9-8-20(31-23)16-32(30)15-18-4-2-3-5-21(18)26/h2-9,14H,10-13,15-16H2,1H3/t32-/m1/s1. The fourth-order valence-corrected chi connectivity index (χ4v) is 5.42. The number of piperazine rings is 1. The second-order valence-corrected chi connectivity index (χ2v) is 10.1. The Kier molecular flexibility index (Phi) is 7.23. The van der Waals surface area contributed by atoms with E-state index < -0.39 is 10.8 Å². The molecule has 0 radical (unpaired) electrons. The average molecular weight is 491 g/mol. The Labute approximate surface area is 200 Å². The molecule has 4 rings (SSSR count). The first kappa shape index (κ1) is 22.9. The van der Waals surface area contributed by atoms with Gasteiger partial charge in [0.05, 0.1) is 11.5 Å². The Morgan fingerprint density at radius 2 is 1.75 bits per heavy atom. The Balaban J connectivity index is 1.33. The van der Waals surface area contributed by atoms with E-state index in [-0.39, 0.29) is 17.4 Å². The van der Waals surface area contributed by atoms with E-state index in [1.54, 1.807) is 23.1 Å². The topological polar surface area (TPSA) is 53.8 Å². The molecule has 1 saturated heterocycles. The molecule has 0 N–H and O–H groups in total. The minimum atomic E-state index is -1.19. The average Bonchev–Trinajstić information content (AvgIpc) is 3.25. The van der Waals surface area contributed by atoms with Crippen LogP contribution in [-0.2, 0) is 22.3 Å². The van der Waals surface area contributed by atoms with Crippen molar-refractivity contribution in [3.05, 3.63) is 87.3 Å². The number of amides is 1. The molecular weight excluding hydrogens is 467 g/mol. The summed E-state index contributed by atoms with van der Waals surface area (Å²) in [4.78, 5) is 16.9. The van der Waals surface area contributed by atoms with Crippen molar-refractivity contribution in [1.29, 1.82) is 0 Å². The molecule has 0 bridgehead atoms. The highest BCUT2D eigenvalue weighted by Gasteiger charge is 2.25. The lowest BCUT2D eigenvalue weighted by molar-refractivity contribution is 0.0713. The zero-order chi connectivity index (χ0) is 22.7. The Hall–Kier alpha value is -2.28. The van der Waals surface area contributed by atoms with E-state index in [2.05, 4.69) is 11.8 Å². The number of anilines is 1. The van der Waals surface area contributed by atoms with Gasteiger partial charge in [0.2, 0.25) is 0 Å². The summed E-state index contributed by atoms with van der Waals surface area (Å²) in [5, 5.41) is 1.31. The van der Waals surface area contributed by atoms with Crippen molar-refractivity contribution in [3.8, 4) is 0 Å². The van der Waals surface area contributed by atoms with Gasteiger partial charge in [-0.05, 0) is 48.4 Å². The molecule has 1 aliphatic heterocycles. The summed E-state index contributed by atoms with van der Waals surface area (Å²) in [5.41, 5.74) is 3.10. The Morgan fingerprint density at radius 3 is 2.50 bits per heavy atom. The van der Waals surface area contributed by atoms with Crippen LogP contribution in [0, 0.1) is 6.92 Å². The molecule has 1 atom stereocenters. The van der Waals surface area contributed by atoms with Gasteiger partial charge in [0.15, 0.2) is 5.76 Å². The molecule has 5 nitrogen and oxygen atoms in total. The molecule has 1 fully saturated rings. The molecule has 1 aliphatic rings. The molecule has 8 heteroatoms. The number of hydrogen-bond acceptors (Lipinski definition) is 4. The first-order chi connectivity index (χ1) is 15.4.